The molecule has 2 saturated heterocycles. The van der Waals surface area contributed by atoms with Crippen LogP contribution in [-0.2, 0) is 63.0 Å². The van der Waals surface area contributed by atoms with E-state index >= 15 is 0 Å². The lowest BCUT2D eigenvalue weighted by Crippen LogP contribution is -2.27. The summed E-state index contributed by atoms with van der Waals surface area (Å²) in [4.78, 5) is 33.6. The fourth-order valence-electron chi connectivity index (χ4n) is 9.09. The van der Waals surface area contributed by atoms with Crippen molar-refractivity contribution in [3.8, 4) is 0 Å². The first kappa shape index (κ1) is 55.4. The fourth-order valence-corrected chi connectivity index (χ4v) is 11.6. The minimum Gasteiger partial charge on any atom is -0.381 e. The lowest BCUT2D eigenvalue weighted by atomic mass is 9.94. The molecular formula is C53H70BrN9O8S2. The van der Waals surface area contributed by atoms with Gasteiger partial charge in [-0.3, -0.25) is 18.2 Å². The first-order valence-electron chi connectivity index (χ1n) is 24.7. The van der Waals surface area contributed by atoms with Crippen molar-refractivity contribution in [3.05, 3.63) is 96.6 Å². The highest BCUT2D eigenvalue weighted by molar-refractivity contribution is 9.09. The Labute approximate surface area is 438 Å². The van der Waals surface area contributed by atoms with E-state index in [1.165, 1.54) is 32.9 Å². The van der Waals surface area contributed by atoms with Gasteiger partial charge in [-0.15, -0.1) is 0 Å². The van der Waals surface area contributed by atoms with Crippen LogP contribution in [0, 0.1) is 11.8 Å². The van der Waals surface area contributed by atoms with Gasteiger partial charge in [-0.05, 0) is 129 Å². The van der Waals surface area contributed by atoms with Crippen LogP contribution >= 0.6 is 15.9 Å². The van der Waals surface area contributed by atoms with Crippen LogP contribution in [0.25, 0.3) is 22.1 Å². The van der Waals surface area contributed by atoms with Crippen molar-refractivity contribution in [2.45, 2.75) is 101 Å². The second kappa shape index (κ2) is 23.0. The number of carbonyl (C=O) groups excluding carboxylic acids is 2. The number of alkyl halides is 1. The zero-order valence-electron chi connectivity index (χ0n) is 43.4. The van der Waals surface area contributed by atoms with Gasteiger partial charge in [0.05, 0.1) is 55.1 Å². The van der Waals surface area contributed by atoms with Crippen LogP contribution in [-0.4, -0.2) is 107 Å². The molecule has 0 radical (unpaired) electrons. The summed E-state index contributed by atoms with van der Waals surface area (Å²) < 4.78 is 71.7. The van der Waals surface area contributed by atoms with Gasteiger partial charge in [-0.25, -0.2) is 26.8 Å². The SMILES string of the molecule is CN(c1ccc2c(c1)nc(C(C)(C)C)n2CC1CCOCC1)S(=O)(=O)c1ccc(NC(=O)CBr)cc1.CNCC(=O)Nc1ccc(S(=O)(=O)N(C)c2ccc3c(c2)nc(C(C)(C)C)n3CC2CCOCC2)cc1. The summed E-state index contributed by atoms with van der Waals surface area (Å²) >= 11 is 3.10. The molecule has 73 heavy (non-hydrogen) atoms. The van der Waals surface area contributed by atoms with Gasteiger partial charge in [0.1, 0.15) is 11.6 Å². The molecule has 0 aliphatic carbocycles. The number of aromatic nitrogens is 4. The van der Waals surface area contributed by atoms with E-state index in [-0.39, 0.29) is 44.3 Å². The van der Waals surface area contributed by atoms with Gasteiger partial charge in [0.2, 0.25) is 11.8 Å². The molecule has 2 fully saturated rings. The average molecular weight is 1110 g/mol. The molecular weight excluding hydrogens is 1030 g/mol. The molecule has 2 amide bonds. The summed E-state index contributed by atoms with van der Waals surface area (Å²) in [5.41, 5.74) is 5.39. The van der Waals surface area contributed by atoms with Gasteiger partial charge in [0.25, 0.3) is 20.0 Å². The van der Waals surface area contributed by atoms with Gasteiger partial charge < -0.3 is 34.6 Å². The summed E-state index contributed by atoms with van der Waals surface area (Å²) in [6, 6.07) is 23.6. The van der Waals surface area contributed by atoms with Crippen LogP contribution in [0.15, 0.2) is 94.7 Å². The van der Waals surface area contributed by atoms with Gasteiger partial charge in [0.15, 0.2) is 0 Å². The molecule has 4 heterocycles. The molecule has 2 aromatic heterocycles. The van der Waals surface area contributed by atoms with Crippen LogP contribution in [0.3, 0.4) is 0 Å². The van der Waals surface area contributed by atoms with E-state index in [0.29, 0.717) is 34.6 Å². The normalized spacial score (nSPS) is 15.2. The van der Waals surface area contributed by atoms with Crippen LogP contribution in [0.5, 0.6) is 0 Å². The number of nitrogens with zero attached hydrogens (tertiary/aromatic N) is 6. The maximum Gasteiger partial charge on any atom is 0.264 e. The number of anilines is 4. The molecule has 17 nitrogen and oxygen atoms in total. The third kappa shape index (κ3) is 13.1. The zero-order chi connectivity index (χ0) is 52.9. The quantitative estimate of drug-likeness (QED) is 0.0832. The second-order valence-electron chi connectivity index (χ2n) is 20.8. The number of amides is 2. The molecule has 2 aliphatic rings. The predicted molar refractivity (Wildman–Crippen MR) is 293 cm³/mol. The van der Waals surface area contributed by atoms with Crippen molar-refractivity contribution in [3.63, 3.8) is 0 Å². The maximum absolute atomic E-state index is 13.4. The number of ether oxygens (including phenoxy) is 2. The van der Waals surface area contributed by atoms with Crippen molar-refractivity contribution in [2.75, 3.05) is 78.7 Å². The molecule has 3 N–H and O–H groups in total. The number of imidazole rings is 2. The minimum absolute atomic E-state index is 0.141. The number of likely N-dealkylation sites (N-methyl/N-ethyl adjacent to an activating group) is 1. The Kier molecular flexibility index (Phi) is 17.5. The highest BCUT2D eigenvalue weighted by Gasteiger charge is 2.30. The lowest BCUT2D eigenvalue weighted by molar-refractivity contribution is -0.115. The van der Waals surface area contributed by atoms with Gasteiger partial charge in [-0.1, -0.05) is 57.5 Å². The molecule has 2 aliphatic heterocycles. The first-order valence-corrected chi connectivity index (χ1v) is 28.7. The molecule has 6 aromatic rings. The standard InChI is InChI=1S/C27H37N5O4S.C26H33BrN4O4S/c1-27(2,3)26-30-23-16-21(8-11-24(23)32(26)18-19-12-14-36-15-13-19)31(5)37(34,35)22-9-6-20(7-10-22)29-25(33)17-28-4;1-26(2,3)25-29-22-15-20(7-10-23(22)31(25)17-18-11-13-35-14-12-18)30(4)36(33,34)21-8-5-19(6-9-21)28-24(32)16-27/h6-11,16,19,28H,12-15,17-18H2,1-5H3,(H,29,33);5-10,15,18H,11-14,16-17H2,1-4H3,(H,28,32). The highest BCUT2D eigenvalue weighted by Crippen LogP contribution is 2.35. The number of benzene rings is 4. The van der Waals surface area contributed by atoms with E-state index in [0.717, 1.165) is 98.9 Å². The molecule has 0 bridgehead atoms. The van der Waals surface area contributed by atoms with E-state index in [1.54, 1.807) is 45.4 Å². The summed E-state index contributed by atoms with van der Waals surface area (Å²) in [5, 5.41) is 8.36. The van der Waals surface area contributed by atoms with Crippen molar-refractivity contribution in [1.82, 2.24) is 24.4 Å². The monoisotopic (exact) mass is 1100 g/mol. The van der Waals surface area contributed by atoms with Crippen molar-refractivity contribution < 1.29 is 35.9 Å². The number of hydrogen-bond donors (Lipinski definition) is 3. The summed E-state index contributed by atoms with van der Waals surface area (Å²) in [7, 11) is -2.84. The second-order valence-corrected chi connectivity index (χ2v) is 25.3. The van der Waals surface area contributed by atoms with Crippen LogP contribution < -0.4 is 24.6 Å². The van der Waals surface area contributed by atoms with Gasteiger partial charge >= 0.3 is 0 Å². The molecule has 8 rings (SSSR count). The van der Waals surface area contributed by atoms with E-state index in [4.69, 9.17) is 19.4 Å². The van der Waals surface area contributed by atoms with Crippen LogP contribution in [0.1, 0.15) is 78.9 Å². The Hall–Kier alpha value is -5.38. The van der Waals surface area contributed by atoms with E-state index in [2.05, 4.69) is 82.6 Å². The number of nitrogens with one attached hydrogen (secondary N) is 3. The molecule has 0 saturated carbocycles. The molecule has 0 spiro atoms. The van der Waals surface area contributed by atoms with Crippen LogP contribution in [0.2, 0.25) is 0 Å². The number of rotatable bonds is 15. The third-order valence-electron chi connectivity index (χ3n) is 13.1. The summed E-state index contributed by atoms with van der Waals surface area (Å²) in [6.45, 7) is 18.0. The Morgan fingerprint density at radius 2 is 0.986 bits per heavy atom. The Morgan fingerprint density at radius 1 is 0.616 bits per heavy atom. The molecule has 0 atom stereocenters. The zero-order valence-corrected chi connectivity index (χ0v) is 46.6. The topological polar surface area (TPSA) is 199 Å². The average Bonchev–Trinajstić information content (AvgIpc) is 3.92. The van der Waals surface area contributed by atoms with E-state index < -0.39 is 20.0 Å². The third-order valence-corrected chi connectivity index (χ3v) is 17.3. The van der Waals surface area contributed by atoms with E-state index in [1.807, 2.05) is 36.4 Å². The molecule has 0 unspecified atom stereocenters. The highest BCUT2D eigenvalue weighted by atomic mass is 79.9. The van der Waals surface area contributed by atoms with Crippen molar-refractivity contribution >= 4 is 92.6 Å². The van der Waals surface area contributed by atoms with Gasteiger partial charge in [0, 0.05) is 75.8 Å². The molecule has 394 valence electrons. The smallest absolute Gasteiger partial charge is 0.264 e. The maximum atomic E-state index is 13.4. The number of hydrogen-bond acceptors (Lipinski definition) is 11. The first-order chi connectivity index (χ1) is 34.5. The Balaban J connectivity index is 0.000000214. The van der Waals surface area contributed by atoms with Crippen LogP contribution in [0.4, 0.5) is 22.7 Å². The Bertz CT molecular complexity index is 3120. The number of carbonyl (C=O) groups is 2. The summed E-state index contributed by atoms with van der Waals surface area (Å²) in [6.07, 6.45) is 4.11. The number of halogens is 1. The largest absolute Gasteiger partial charge is 0.381 e. The van der Waals surface area contributed by atoms with Crippen molar-refractivity contribution in [2.24, 2.45) is 11.8 Å². The van der Waals surface area contributed by atoms with Crippen molar-refractivity contribution in [1.29, 1.82) is 0 Å². The Morgan fingerprint density at radius 3 is 1.33 bits per heavy atom. The minimum atomic E-state index is -3.81. The van der Waals surface area contributed by atoms with Gasteiger partial charge in [-0.2, -0.15) is 0 Å². The molecule has 20 heteroatoms. The number of fused-ring (bicyclic) bond motifs is 2. The molecule has 4 aromatic carbocycles. The number of sulfonamides is 2. The van der Waals surface area contributed by atoms with E-state index in [9.17, 15) is 26.4 Å². The fraction of sp³-hybridized carbons (Fsp3) is 0.472. The lowest BCUT2D eigenvalue weighted by Gasteiger charge is -2.26. The summed E-state index contributed by atoms with van der Waals surface area (Å²) in [5.74, 6) is 2.64. The predicted octanol–water partition coefficient (Wildman–Crippen LogP) is 8.66.